The van der Waals surface area contributed by atoms with Gasteiger partial charge in [0.05, 0.1) is 12.8 Å². The standard InChI is InChI=1S/C16H17N3O4/c1-11(13-7-6-12(23-2)9-14(13)20)17-18-15(21)10-19-8-4-3-5-16(19)22/h3-9,20H,10H2,1-2H3,(H,18,21)/b17-11+. The first-order valence-electron chi connectivity index (χ1n) is 6.87. The van der Waals surface area contributed by atoms with E-state index in [9.17, 15) is 14.7 Å². The van der Waals surface area contributed by atoms with Crippen molar-refractivity contribution in [2.45, 2.75) is 13.5 Å². The van der Waals surface area contributed by atoms with Crippen molar-refractivity contribution in [2.75, 3.05) is 7.11 Å². The number of hydrogen-bond donors (Lipinski definition) is 2. The quantitative estimate of drug-likeness (QED) is 0.638. The lowest BCUT2D eigenvalue weighted by Gasteiger charge is -2.07. The molecule has 7 nitrogen and oxygen atoms in total. The fourth-order valence-electron chi connectivity index (χ4n) is 1.93. The number of pyridine rings is 1. The van der Waals surface area contributed by atoms with Crippen molar-refractivity contribution in [2.24, 2.45) is 5.10 Å². The van der Waals surface area contributed by atoms with Gasteiger partial charge in [0, 0.05) is 23.9 Å². The summed E-state index contributed by atoms with van der Waals surface area (Å²) in [6.45, 7) is 1.52. The van der Waals surface area contributed by atoms with Crippen LogP contribution in [-0.2, 0) is 11.3 Å². The van der Waals surface area contributed by atoms with Gasteiger partial charge in [-0.2, -0.15) is 5.10 Å². The topological polar surface area (TPSA) is 92.9 Å². The van der Waals surface area contributed by atoms with E-state index in [1.807, 2.05) is 0 Å². The Balaban J connectivity index is 2.06. The minimum atomic E-state index is -0.439. The van der Waals surface area contributed by atoms with E-state index in [-0.39, 0.29) is 17.9 Å². The number of rotatable bonds is 5. The number of amides is 1. The fraction of sp³-hybridized carbons (Fsp3) is 0.188. The number of benzene rings is 1. The molecule has 7 heteroatoms. The molecule has 2 rings (SSSR count). The second kappa shape index (κ2) is 7.26. The molecule has 0 aliphatic carbocycles. The van der Waals surface area contributed by atoms with Crippen molar-refractivity contribution in [1.29, 1.82) is 0 Å². The zero-order chi connectivity index (χ0) is 16.8. The van der Waals surface area contributed by atoms with Crippen LogP contribution in [0.1, 0.15) is 12.5 Å². The number of hydrogen-bond acceptors (Lipinski definition) is 5. The van der Waals surface area contributed by atoms with Gasteiger partial charge in [-0.3, -0.25) is 9.59 Å². The highest BCUT2D eigenvalue weighted by molar-refractivity contribution is 6.01. The van der Waals surface area contributed by atoms with Crippen LogP contribution in [0.3, 0.4) is 0 Å². The molecule has 0 spiro atoms. The Morgan fingerprint density at radius 1 is 1.35 bits per heavy atom. The zero-order valence-electron chi connectivity index (χ0n) is 12.8. The number of nitrogens with zero attached hydrogens (tertiary/aromatic N) is 2. The molecule has 0 saturated carbocycles. The molecule has 0 aliphatic rings. The lowest BCUT2D eigenvalue weighted by atomic mass is 10.1. The first-order valence-corrected chi connectivity index (χ1v) is 6.87. The lowest BCUT2D eigenvalue weighted by molar-refractivity contribution is -0.121. The molecule has 23 heavy (non-hydrogen) atoms. The van der Waals surface area contributed by atoms with Gasteiger partial charge in [-0.25, -0.2) is 5.43 Å². The van der Waals surface area contributed by atoms with E-state index in [2.05, 4.69) is 10.5 Å². The van der Waals surface area contributed by atoms with Gasteiger partial charge in [-0.05, 0) is 25.1 Å². The van der Waals surface area contributed by atoms with Gasteiger partial charge in [0.25, 0.3) is 11.5 Å². The molecular formula is C16H17N3O4. The monoisotopic (exact) mass is 315 g/mol. The van der Waals surface area contributed by atoms with Crippen molar-refractivity contribution in [3.8, 4) is 11.5 Å². The predicted molar refractivity (Wildman–Crippen MR) is 85.7 cm³/mol. The molecule has 2 N–H and O–H groups in total. The van der Waals surface area contributed by atoms with E-state index in [1.54, 1.807) is 31.2 Å². The van der Waals surface area contributed by atoms with E-state index in [4.69, 9.17) is 4.74 Å². The molecule has 120 valence electrons. The van der Waals surface area contributed by atoms with Crippen LogP contribution in [0.15, 0.2) is 52.5 Å². The van der Waals surface area contributed by atoms with Crippen molar-refractivity contribution < 1.29 is 14.6 Å². The van der Waals surface area contributed by atoms with E-state index in [1.165, 1.54) is 30.0 Å². The molecule has 0 atom stereocenters. The number of methoxy groups -OCH3 is 1. The number of carbonyl (C=O) groups excluding carboxylic acids is 1. The highest BCUT2D eigenvalue weighted by Gasteiger charge is 2.08. The molecule has 0 aliphatic heterocycles. The van der Waals surface area contributed by atoms with E-state index in [0.717, 1.165) is 0 Å². The van der Waals surface area contributed by atoms with Crippen molar-refractivity contribution in [1.82, 2.24) is 9.99 Å². The van der Waals surface area contributed by atoms with Crippen LogP contribution < -0.4 is 15.7 Å². The first kappa shape index (κ1) is 16.3. The Morgan fingerprint density at radius 3 is 2.78 bits per heavy atom. The summed E-state index contributed by atoms with van der Waals surface area (Å²) in [5.41, 5.74) is 3.00. The molecular weight excluding hydrogens is 298 g/mol. The van der Waals surface area contributed by atoms with Gasteiger partial charge < -0.3 is 14.4 Å². The van der Waals surface area contributed by atoms with Crippen molar-refractivity contribution >= 4 is 11.6 Å². The second-order valence-corrected chi connectivity index (χ2v) is 4.78. The maximum atomic E-state index is 11.8. The highest BCUT2D eigenvalue weighted by Crippen LogP contribution is 2.23. The summed E-state index contributed by atoms with van der Waals surface area (Å²) in [4.78, 5) is 23.3. The Bertz CT molecular complexity index is 796. The average Bonchev–Trinajstić information content (AvgIpc) is 2.54. The van der Waals surface area contributed by atoms with Gasteiger partial charge in [0.1, 0.15) is 18.0 Å². The molecule has 0 saturated heterocycles. The molecule has 2 aromatic rings. The van der Waals surface area contributed by atoms with Crippen LogP contribution in [0, 0.1) is 0 Å². The number of nitrogens with one attached hydrogen (secondary N) is 1. The van der Waals surface area contributed by atoms with E-state index < -0.39 is 5.91 Å². The van der Waals surface area contributed by atoms with Crippen LogP contribution in [0.2, 0.25) is 0 Å². The molecule has 0 unspecified atom stereocenters. The lowest BCUT2D eigenvalue weighted by Crippen LogP contribution is -2.29. The number of ether oxygens (including phenoxy) is 1. The normalized spacial score (nSPS) is 11.1. The number of phenolic OH excluding ortho intramolecular Hbond substituents is 1. The second-order valence-electron chi connectivity index (χ2n) is 4.78. The minimum absolute atomic E-state index is 0.000808. The smallest absolute Gasteiger partial charge is 0.260 e. The summed E-state index contributed by atoms with van der Waals surface area (Å²) in [6.07, 6.45) is 1.52. The largest absolute Gasteiger partial charge is 0.507 e. The predicted octanol–water partition coefficient (Wildman–Crippen LogP) is 1.10. The summed E-state index contributed by atoms with van der Waals surface area (Å²) >= 11 is 0. The summed E-state index contributed by atoms with van der Waals surface area (Å²) in [7, 11) is 1.50. The number of aromatic nitrogens is 1. The van der Waals surface area contributed by atoms with Gasteiger partial charge in [0.15, 0.2) is 0 Å². The molecule has 1 amide bonds. The Kier molecular flexibility index (Phi) is 5.14. The third kappa shape index (κ3) is 4.19. The Morgan fingerprint density at radius 2 is 2.13 bits per heavy atom. The summed E-state index contributed by atoms with van der Waals surface area (Å²) < 4.78 is 6.27. The number of hydrazone groups is 1. The first-order chi connectivity index (χ1) is 11.0. The molecule has 0 fully saturated rings. The van der Waals surface area contributed by atoms with E-state index in [0.29, 0.717) is 17.0 Å². The van der Waals surface area contributed by atoms with Crippen LogP contribution in [0.4, 0.5) is 0 Å². The number of carbonyl (C=O) groups is 1. The van der Waals surface area contributed by atoms with E-state index >= 15 is 0 Å². The Hall–Kier alpha value is -3.09. The van der Waals surface area contributed by atoms with Gasteiger partial charge in [0.2, 0.25) is 0 Å². The SMILES string of the molecule is COc1ccc(/C(C)=N/NC(=O)Cn2ccccc2=O)c(O)c1. The molecule has 1 aromatic heterocycles. The summed E-state index contributed by atoms with van der Waals surface area (Å²) in [6, 6.07) is 9.42. The average molecular weight is 315 g/mol. The number of phenols is 1. The van der Waals surface area contributed by atoms with Gasteiger partial charge >= 0.3 is 0 Å². The van der Waals surface area contributed by atoms with Gasteiger partial charge in [-0.1, -0.05) is 6.07 Å². The van der Waals surface area contributed by atoms with Crippen molar-refractivity contribution in [3.05, 3.63) is 58.5 Å². The molecule has 0 radical (unpaired) electrons. The van der Waals surface area contributed by atoms with Crippen LogP contribution in [0.25, 0.3) is 0 Å². The fourth-order valence-corrected chi connectivity index (χ4v) is 1.93. The molecule has 1 heterocycles. The maximum absolute atomic E-state index is 11.8. The van der Waals surface area contributed by atoms with Crippen LogP contribution in [0.5, 0.6) is 11.5 Å². The maximum Gasteiger partial charge on any atom is 0.260 e. The number of aromatic hydroxyl groups is 1. The van der Waals surface area contributed by atoms with Crippen molar-refractivity contribution in [3.63, 3.8) is 0 Å². The van der Waals surface area contributed by atoms with Crippen LogP contribution >= 0.6 is 0 Å². The summed E-state index contributed by atoms with van der Waals surface area (Å²) in [5.74, 6) is 0.0799. The zero-order valence-corrected chi connectivity index (χ0v) is 12.8. The molecule has 1 aromatic carbocycles. The summed E-state index contributed by atoms with van der Waals surface area (Å²) in [5, 5.41) is 13.8. The molecule has 0 bridgehead atoms. The minimum Gasteiger partial charge on any atom is -0.507 e. The van der Waals surface area contributed by atoms with Crippen LogP contribution in [-0.4, -0.2) is 28.4 Å². The van der Waals surface area contributed by atoms with Gasteiger partial charge in [-0.15, -0.1) is 0 Å². The third-order valence-corrected chi connectivity index (χ3v) is 3.16. The third-order valence-electron chi connectivity index (χ3n) is 3.16. The Labute approximate surface area is 132 Å². The highest BCUT2D eigenvalue weighted by atomic mass is 16.5.